The van der Waals surface area contributed by atoms with Gasteiger partial charge in [0, 0.05) is 6.54 Å². The molecule has 0 aromatic heterocycles. The van der Waals surface area contributed by atoms with E-state index in [4.69, 9.17) is 11.9 Å². The van der Waals surface area contributed by atoms with Crippen molar-refractivity contribution >= 4 is 24.3 Å². The van der Waals surface area contributed by atoms with Gasteiger partial charge in [-0.1, -0.05) is 0 Å². The van der Waals surface area contributed by atoms with Crippen LogP contribution in [-0.2, 0) is 4.29 Å². The molecule has 0 saturated heterocycles. The Morgan fingerprint density at radius 3 is 2.12 bits per heavy atom. The van der Waals surface area contributed by atoms with Crippen molar-refractivity contribution in [3.63, 3.8) is 0 Å². The standard InChI is InChI=1S/C4H10ClNO.ClH/c1-6(2)3-4-7-5;/h3-4H2,1-2H3;1H. The van der Waals surface area contributed by atoms with Gasteiger partial charge in [-0.25, -0.2) is 0 Å². The Labute approximate surface area is 61.3 Å². The second-order valence-corrected chi connectivity index (χ2v) is 1.83. The van der Waals surface area contributed by atoms with Crippen molar-refractivity contribution < 1.29 is 4.29 Å². The van der Waals surface area contributed by atoms with Crippen LogP contribution in [0.5, 0.6) is 0 Å². The quantitative estimate of drug-likeness (QED) is 0.613. The molecule has 0 fully saturated rings. The van der Waals surface area contributed by atoms with Gasteiger partial charge in [-0.15, -0.1) is 12.4 Å². The van der Waals surface area contributed by atoms with Gasteiger partial charge in [0.2, 0.25) is 0 Å². The van der Waals surface area contributed by atoms with E-state index in [0.717, 1.165) is 6.54 Å². The average Bonchev–Trinajstić information content (AvgIpc) is 1.61. The molecule has 0 saturated carbocycles. The van der Waals surface area contributed by atoms with Crippen molar-refractivity contribution in [1.82, 2.24) is 4.90 Å². The van der Waals surface area contributed by atoms with Gasteiger partial charge in [-0.2, -0.15) is 0 Å². The molecule has 0 aliphatic heterocycles. The van der Waals surface area contributed by atoms with E-state index in [9.17, 15) is 0 Å². The minimum atomic E-state index is 0. The Morgan fingerprint density at radius 2 is 2.00 bits per heavy atom. The molecule has 0 unspecified atom stereocenters. The molecule has 0 radical (unpaired) electrons. The van der Waals surface area contributed by atoms with Crippen LogP contribution in [0.1, 0.15) is 0 Å². The zero-order valence-corrected chi connectivity index (χ0v) is 6.63. The summed E-state index contributed by atoms with van der Waals surface area (Å²) in [7, 11) is 3.94. The third-order valence-electron chi connectivity index (χ3n) is 0.616. The normalized spacial score (nSPS) is 9.00. The molecule has 0 amide bonds. The number of halogens is 2. The van der Waals surface area contributed by atoms with Gasteiger partial charge in [-0.3, -0.25) is 4.29 Å². The Balaban J connectivity index is 0. The van der Waals surface area contributed by atoms with Crippen molar-refractivity contribution in [2.24, 2.45) is 0 Å². The Kier molecular flexibility index (Phi) is 10.6. The van der Waals surface area contributed by atoms with Gasteiger partial charge in [-0.05, 0) is 14.1 Å². The van der Waals surface area contributed by atoms with Gasteiger partial charge in [0.25, 0.3) is 0 Å². The first-order chi connectivity index (χ1) is 3.27. The van der Waals surface area contributed by atoms with Gasteiger partial charge in [0.1, 0.15) is 0 Å². The number of likely N-dealkylation sites (N-methyl/N-ethyl adjacent to an activating group) is 1. The van der Waals surface area contributed by atoms with E-state index in [1.807, 2.05) is 19.0 Å². The summed E-state index contributed by atoms with van der Waals surface area (Å²) in [6.45, 7) is 1.47. The monoisotopic (exact) mass is 159 g/mol. The maximum atomic E-state index is 4.92. The maximum Gasteiger partial charge on any atom is 0.0809 e. The second kappa shape index (κ2) is 7.50. The Bertz CT molecular complexity index is 43.0. The minimum Gasteiger partial charge on any atom is -0.307 e. The lowest BCUT2D eigenvalue weighted by Crippen LogP contribution is -2.16. The highest BCUT2D eigenvalue weighted by Crippen LogP contribution is 1.79. The highest BCUT2D eigenvalue weighted by atomic mass is 35.5. The highest BCUT2D eigenvalue weighted by Gasteiger charge is 1.85. The predicted molar refractivity (Wildman–Crippen MR) is 37.6 cm³/mol. The summed E-state index contributed by atoms with van der Waals surface area (Å²) in [6, 6.07) is 0. The molecule has 0 aromatic rings. The first kappa shape index (κ1) is 11.3. The molecule has 2 nitrogen and oxygen atoms in total. The highest BCUT2D eigenvalue weighted by molar-refractivity contribution is 6.07. The largest absolute Gasteiger partial charge is 0.307 e. The number of hydrogen-bond acceptors (Lipinski definition) is 2. The van der Waals surface area contributed by atoms with Crippen molar-refractivity contribution in [2.75, 3.05) is 27.2 Å². The fourth-order valence-electron chi connectivity index (χ4n) is 0.217. The van der Waals surface area contributed by atoms with E-state index in [1.54, 1.807) is 0 Å². The zero-order chi connectivity index (χ0) is 5.70. The molecule has 0 rings (SSSR count). The zero-order valence-electron chi connectivity index (χ0n) is 5.06. The fraction of sp³-hybridized carbons (Fsp3) is 1.00. The van der Waals surface area contributed by atoms with Crippen molar-refractivity contribution in [3.8, 4) is 0 Å². The van der Waals surface area contributed by atoms with Crippen molar-refractivity contribution in [3.05, 3.63) is 0 Å². The lowest BCUT2D eigenvalue weighted by atomic mass is 10.6. The van der Waals surface area contributed by atoms with Gasteiger partial charge in [0.05, 0.1) is 18.5 Å². The summed E-state index contributed by atoms with van der Waals surface area (Å²) >= 11 is 4.92. The van der Waals surface area contributed by atoms with E-state index in [1.165, 1.54) is 0 Å². The van der Waals surface area contributed by atoms with Crippen molar-refractivity contribution in [1.29, 1.82) is 0 Å². The Morgan fingerprint density at radius 1 is 1.50 bits per heavy atom. The van der Waals surface area contributed by atoms with Crippen LogP contribution in [0.4, 0.5) is 0 Å². The smallest absolute Gasteiger partial charge is 0.0809 e. The number of rotatable bonds is 3. The Hall–Kier alpha value is 0.500. The first-order valence-corrected chi connectivity index (χ1v) is 2.46. The molecule has 0 atom stereocenters. The van der Waals surface area contributed by atoms with Crippen LogP contribution in [0, 0.1) is 0 Å². The van der Waals surface area contributed by atoms with Crippen molar-refractivity contribution in [2.45, 2.75) is 0 Å². The SMILES string of the molecule is CN(C)CCOCl.Cl. The molecule has 0 heterocycles. The molecule has 8 heavy (non-hydrogen) atoms. The molecule has 52 valence electrons. The molecule has 0 bridgehead atoms. The van der Waals surface area contributed by atoms with E-state index in [0.29, 0.717) is 6.61 Å². The van der Waals surface area contributed by atoms with E-state index >= 15 is 0 Å². The average molecular weight is 160 g/mol. The van der Waals surface area contributed by atoms with E-state index in [-0.39, 0.29) is 12.4 Å². The third-order valence-corrected chi connectivity index (χ3v) is 0.770. The summed E-state index contributed by atoms with van der Waals surface area (Å²) in [5.74, 6) is 0. The molecular weight excluding hydrogens is 149 g/mol. The van der Waals surface area contributed by atoms with Crippen LogP contribution in [0.25, 0.3) is 0 Å². The summed E-state index contributed by atoms with van der Waals surface area (Å²) in [6.07, 6.45) is 0. The van der Waals surface area contributed by atoms with Crippen LogP contribution in [-0.4, -0.2) is 32.1 Å². The van der Waals surface area contributed by atoms with Crippen LogP contribution in [0.2, 0.25) is 0 Å². The first-order valence-electron chi connectivity index (χ1n) is 2.15. The summed E-state index contributed by atoms with van der Waals surface area (Å²) < 4.78 is 4.28. The lowest BCUT2D eigenvalue weighted by molar-refractivity contribution is 0.280. The number of hydrogen-bond donors (Lipinski definition) is 0. The van der Waals surface area contributed by atoms with Gasteiger partial charge < -0.3 is 4.90 Å². The summed E-state index contributed by atoms with van der Waals surface area (Å²) in [5, 5.41) is 0. The predicted octanol–water partition coefficient (Wildman–Crippen LogP) is 1.14. The summed E-state index contributed by atoms with van der Waals surface area (Å²) in [4.78, 5) is 2.00. The molecule has 0 aliphatic carbocycles. The van der Waals surface area contributed by atoms with Crippen LogP contribution < -0.4 is 0 Å². The molecule has 0 aliphatic rings. The summed E-state index contributed by atoms with van der Waals surface area (Å²) in [5.41, 5.74) is 0. The molecule has 0 spiro atoms. The van der Waals surface area contributed by atoms with Gasteiger partial charge in [0.15, 0.2) is 0 Å². The molecule has 0 N–H and O–H groups in total. The van der Waals surface area contributed by atoms with Crippen LogP contribution >= 0.6 is 24.3 Å². The van der Waals surface area contributed by atoms with Crippen LogP contribution in [0.3, 0.4) is 0 Å². The van der Waals surface area contributed by atoms with E-state index in [2.05, 4.69) is 4.29 Å². The van der Waals surface area contributed by atoms with Crippen LogP contribution in [0.15, 0.2) is 0 Å². The van der Waals surface area contributed by atoms with E-state index < -0.39 is 0 Å². The molecular formula is C4H11Cl2NO. The lowest BCUT2D eigenvalue weighted by Gasteiger charge is -2.04. The second-order valence-electron chi connectivity index (χ2n) is 1.62. The fourth-order valence-corrected chi connectivity index (χ4v) is 0.286. The number of nitrogens with zero attached hydrogens (tertiary/aromatic N) is 1. The maximum absolute atomic E-state index is 4.92. The molecule has 4 heteroatoms. The third kappa shape index (κ3) is 9.71. The van der Waals surface area contributed by atoms with Gasteiger partial charge >= 0.3 is 0 Å². The molecule has 0 aromatic carbocycles. The topological polar surface area (TPSA) is 12.5 Å². The minimum absolute atomic E-state index is 0.